The molecule has 424 valence electrons. The zero-order chi connectivity index (χ0) is 56.3. The maximum Gasteiger partial charge on any atom is 0.442 e. The summed E-state index contributed by atoms with van der Waals surface area (Å²) in [5.74, 6) is -3.58. The third-order valence-corrected chi connectivity index (χ3v) is 14.5. The van der Waals surface area contributed by atoms with Gasteiger partial charge in [-0.25, -0.2) is 4.79 Å². The first kappa shape index (κ1) is 62.7. The van der Waals surface area contributed by atoms with Gasteiger partial charge < -0.3 is 47.9 Å². The fraction of sp³-hybridized carbons (Fsp3) is 0.712. The first-order valence-corrected chi connectivity index (χ1v) is 27.7. The third-order valence-electron chi connectivity index (χ3n) is 13.0. The highest BCUT2D eigenvalue weighted by atomic mass is 32.2. The van der Waals surface area contributed by atoms with Gasteiger partial charge in [0.2, 0.25) is 35.4 Å². The number of Topliss-reactive ketones (excluding diaryl/α,β-unsaturated/α-hetero) is 1. The molecule has 0 radical (unpaired) electrons. The molecule has 3 aliphatic heterocycles. The van der Waals surface area contributed by atoms with Gasteiger partial charge in [-0.15, -0.1) is 10.2 Å². The van der Waals surface area contributed by atoms with Gasteiger partial charge in [-0.3, -0.25) is 38.4 Å². The fourth-order valence-electron chi connectivity index (χ4n) is 9.02. The maximum atomic E-state index is 13.7. The highest BCUT2D eigenvalue weighted by Gasteiger charge is 2.65. The molecule has 2 fully saturated rings. The number of thioether (sulfide) groups is 1. The van der Waals surface area contributed by atoms with E-state index >= 15 is 0 Å². The van der Waals surface area contributed by atoms with Crippen molar-refractivity contribution in [1.29, 1.82) is 0 Å². The van der Waals surface area contributed by atoms with Crippen molar-refractivity contribution in [3.8, 4) is 0 Å². The molecule has 9 N–H and O–H groups in total. The Hall–Kier alpha value is -5.81. The first-order chi connectivity index (χ1) is 35.8. The van der Waals surface area contributed by atoms with E-state index in [9.17, 15) is 56.3 Å². The number of unbranched alkanes of at least 4 members (excludes halogenated alkanes) is 3. The molecule has 2 saturated heterocycles. The summed E-state index contributed by atoms with van der Waals surface area (Å²) in [7, 11) is 0. The van der Waals surface area contributed by atoms with Crippen molar-refractivity contribution >= 4 is 64.9 Å². The number of carbonyl (C=O) groups is 9. The predicted octanol–water partition coefficient (Wildman–Crippen LogP) is 4.81. The second kappa shape index (κ2) is 29.6. The van der Waals surface area contributed by atoms with Crippen LogP contribution in [0.1, 0.15) is 148 Å². The summed E-state index contributed by atoms with van der Waals surface area (Å²) in [5.41, 5.74) is -2.94. The normalized spacial score (nSPS) is 18.9. The van der Waals surface area contributed by atoms with E-state index in [1.54, 1.807) is 0 Å². The molecule has 0 spiro atoms. The Balaban J connectivity index is 1.19. The molecule has 3 heterocycles. The van der Waals surface area contributed by atoms with E-state index in [2.05, 4.69) is 58.1 Å². The van der Waals surface area contributed by atoms with Gasteiger partial charge in [-0.2, -0.15) is 24.9 Å². The van der Waals surface area contributed by atoms with Gasteiger partial charge in [0.1, 0.15) is 24.2 Å². The molecule has 1 aromatic rings. The number of nitrogens with zero attached hydrogens (tertiary/aromatic N) is 2. The lowest BCUT2D eigenvalue weighted by Gasteiger charge is -2.25. The second-order valence-corrected chi connectivity index (χ2v) is 23.0. The van der Waals surface area contributed by atoms with E-state index in [1.165, 1.54) is 12.1 Å². The molecule has 0 aromatic heterocycles. The monoisotopic (exact) mass is 1090 g/mol. The summed E-state index contributed by atoms with van der Waals surface area (Å²) in [5, 5.41) is 31.5. The molecule has 9 amide bonds. The van der Waals surface area contributed by atoms with Crippen LogP contribution in [0.3, 0.4) is 0 Å². The minimum atomic E-state index is -4.75. The first-order valence-electron chi connectivity index (χ1n) is 26.6. The number of urea groups is 1. The van der Waals surface area contributed by atoms with Crippen molar-refractivity contribution in [1.82, 2.24) is 47.9 Å². The Morgan fingerprint density at radius 2 is 1.11 bits per heavy atom. The highest BCUT2D eigenvalue weighted by molar-refractivity contribution is 8.00. The van der Waals surface area contributed by atoms with Crippen LogP contribution < -0.4 is 47.9 Å². The molecular formula is C52H80F3N11O9S. The van der Waals surface area contributed by atoms with Crippen molar-refractivity contribution in [2.45, 2.75) is 186 Å². The number of nitrogens with one attached hydrogen (secondary N) is 9. The van der Waals surface area contributed by atoms with Gasteiger partial charge in [0.05, 0.1) is 25.2 Å². The minimum Gasteiger partial charge on any atom is -0.356 e. The SMILES string of the molecule is CC(C)C[C@H](NC(=O)c1ccc(C2(C(F)(F)F)N=N2)cc1)C(=O)N[C@@H](CC(C)C)C(=O)NCC(=O)CNC(=O)[C@@H](CC(C)C)NC(=O)[C@@H](CC(C)C)NC(=O)CCCCCNC(=O)CCCC[C@H]1SCC2NC(=O)NC21. The van der Waals surface area contributed by atoms with Gasteiger partial charge in [0, 0.05) is 41.5 Å². The molecular weight excluding hydrogens is 1010 g/mol. The van der Waals surface area contributed by atoms with E-state index in [0.717, 1.165) is 37.1 Å². The van der Waals surface area contributed by atoms with Crippen LogP contribution in [0.5, 0.6) is 0 Å². The lowest BCUT2D eigenvalue weighted by molar-refractivity contribution is -0.166. The zero-order valence-electron chi connectivity index (χ0n) is 45.1. The van der Waals surface area contributed by atoms with Crippen LogP contribution in [-0.4, -0.2) is 126 Å². The molecule has 2 unspecified atom stereocenters. The molecule has 3 aliphatic rings. The molecule has 1 aromatic carbocycles. The molecule has 0 bridgehead atoms. The molecule has 20 nitrogen and oxygen atoms in total. The fourth-order valence-corrected chi connectivity index (χ4v) is 10.6. The quantitative estimate of drug-likeness (QED) is 0.0342. The Kier molecular flexibility index (Phi) is 24.5. The lowest BCUT2D eigenvalue weighted by Crippen LogP contribution is -2.55. The van der Waals surface area contributed by atoms with Crippen molar-refractivity contribution < 1.29 is 56.3 Å². The van der Waals surface area contributed by atoms with Gasteiger partial charge in [0.15, 0.2) is 5.78 Å². The van der Waals surface area contributed by atoms with Gasteiger partial charge >= 0.3 is 17.9 Å². The van der Waals surface area contributed by atoms with E-state index < -0.39 is 84.4 Å². The zero-order valence-corrected chi connectivity index (χ0v) is 45.9. The van der Waals surface area contributed by atoms with Gasteiger partial charge in [-0.05, 0) is 87.2 Å². The number of carbonyl (C=O) groups excluding carboxylic acids is 9. The van der Waals surface area contributed by atoms with Gasteiger partial charge in [-0.1, -0.05) is 80.4 Å². The van der Waals surface area contributed by atoms with Crippen molar-refractivity contribution in [3.63, 3.8) is 0 Å². The summed E-state index contributed by atoms with van der Waals surface area (Å²) in [4.78, 5) is 118. The standard InChI is InChI=1S/C52H80F3N11O9S/c1-29(2)22-36(61-48(73)38(24-31(5)6)59-43(69)16-10-9-13-21-56-42(68)15-12-11-14-41-44-40(28-76-41)63-50(75)64-44)46(71)57-26-35(67)27-58-47(72)37(23-30(3)4)62-49(74)39(25-32(7)8)60-45(70)33-17-19-34(20-18-33)51(65-66-51)52(53,54)55/h17-20,29-32,36-41,44H,9-16,21-28H2,1-8H3,(H,56,68)(H,57,71)(H,58,72)(H,59,69)(H,60,70)(H,61,73)(H,62,74)(H2,63,64,75)/t36-,37+,38-,39+,40?,41-,44?/m1/s1. The smallest absolute Gasteiger partial charge is 0.356 e. The predicted molar refractivity (Wildman–Crippen MR) is 280 cm³/mol. The number of hydrogen-bond donors (Lipinski definition) is 9. The molecule has 7 atom stereocenters. The summed E-state index contributed by atoms with van der Waals surface area (Å²) in [6.07, 6.45) is 1.18. The number of alkyl halides is 3. The average Bonchev–Trinajstić information content (AvgIpc) is 3.98. The minimum absolute atomic E-state index is 0.0137. The third kappa shape index (κ3) is 20.3. The molecule has 0 aliphatic carbocycles. The number of fused-ring (bicyclic) bond motifs is 1. The Morgan fingerprint density at radius 1 is 0.618 bits per heavy atom. The lowest BCUT2D eigenvalue weighted by atomic mass is 9.99. The molecule has 0 saturated carbocycles. The summed E-state index contributed by atoms with van der Waals surface area (Å²) in [6.45, 7) is 14.3. The van der Waals surface area contributed by atoms with Crippen LogP contribution in [0.4, 0.5) is 18.0 Å². The number of benzene rings is 1. The number of amides is 9. The number of rotatable bonds is 33. The molecule has 76 heavy (non-hydrogen) atoms. The average molecular weight is 1090 g/mol. The summed E-state index contributed by atoms with van der Waals surface area (Å²) in [6, 6.07) is 0.510. The molecule has 4 rings (SSSR count). The summed E-state index contributed by atoms with van der Waals surface area (Å²) >= 11 is 1.85. The Labute approximate surface area is 448 Å². The van der Waals surface area contributed by atoms with Crippen molar-refractivity contribution in [2.24, 2.45) is 33.9 Å². The van der Waals surface area contributed by atoms with Crippen LogP contribution in [0, 0.1) is 23.7 Å². The van der Waals surface area contributed by atoms with Crippen molar-refractivity contribution in [3.05, 3.63) is 35.4 Å². The van der Waals surface area contributed by atoms with E-state index in [1.807, 2.05) is 67.2 Å². The van der Waals surface area contributed by atoms with Crippen LogP contribution in [0.25, 0.3) is 0 Å². The second-order valence-electron chi connectivity index (χ2n) is 21.7. The topological polar surface area (TPSA) is 287 Å². The Morgan fingerprint density at radius 3 is 1.61 bits per heavy atom. The van der Waals surface area contributed by atoms with Gasteiger partial charge in [0.25, 0.3) is 5.91 Å². The van der Waals surface area contributed by atoms with Crippen LogP contribution >= 0.6 is 11.8 Å². The van der Waals surface area contributed by atoms with E-state index in [4.69, 9.17) is 0 Å². The largest absolute Gasteiger partial charge is 0.442 e. The Bertz CT molecular complexity index is 2210. The number of ketones is 1. The van der Waals surface area contributed by atoms with E-state index in [0.29, 0.717) is 43.9 Å². The number of hydrogen-bond acceptors (Lipinski definition) is 12. The van der Waals surface area contributed by atoms with Crippen LogP contribution in [0.15, 0.2) is 34.5 Å². The maximum absolute atomic E-state index is 13.7. The van der Waals surface area contributed by atoms with E-state index in [-0.39, 0.29) is 90.4 Å². The number of halogens is 3. The highest BCUT2D eigenvalue weighted by Crippen LogP contribution is 2.52. The van der Waals surface area contributed by atoms with Crippen LogP contribution in [0.2, 0.25) is 0 Å². The van der Waals surface area contributed by atoms with Crippen molar-refractivity contribution in [2.75, 3.05) is 25.4 Å². The van der Waals surface area contributed by atoms with Crippen LogP contribution in [-0.2, 0) is 39.2 Å². The summed E-state index contributed by atoms with van der Waals surface area (Å²) < 4.78 is 40.5. The molecule has 24 heteroatoms.